The third-order valence-electron chi connectivity index (χ3n) is 2.44. The van der Waals surface area contributed by atoms with Crippen molar-refractivity contribution in [3.63, 3.8) is 0 Å². The molecule has 5 nitrogen and oxygen atoms in total. The Hall–Kier alpha value is -1.80. The van der Waals surface area contributed by atoms with Gasteiger partial charge in [-0.05, 0) is 35.7 Å². The van der Waals surface area contributed by atoms with Gasteiger partial charge in [-0.15, -0.1) is 10.2 Å². The first-order valence-electron chi connectivity index (χ1n) is 5.85. The fourth-order valence-electron chi connectivity index (χ4n) is 1.53. The summed E-state index contributed by atoms with van der Waals surface area (Å²) in [6, 6.07) is 6.22. The Morgan fingerprint density at radius 3 is 2.62 bits per heavy atom. The van der Waals surface area contributed by atoms with Crippen molar-refractivity contribution in [1.29, 1.82) is 0 Å². The maximum atomic E-state index is 12.0. The first kappa shape index (κ1) is 15.6. The lowest BCUT2D eigenvalue weighted by molar-refractivity contribution is -0.0498. The topological polar surface area (TPSA) is 64.1 Å². The summed E-state index contributed by atoms with van der Waals surface area (Å²) < 4.78 is 28.4. The molecular formula is C12H10ClF2N3O2S. The maximum Gasteiger partial charge on any atom is 0.387 e. The van der Waals surface area contributed by atoms with E-state index in [1.807, 2.05) is 0 Å². The molecule has 9 heteroatoms. The number of amides is 1. The van der Waals surface area contributed by atoms with E-state index in [1.165, 1.54) is 12.1 Å². The van der Waals surface area contributed by atoms with Gasteiger partial charge in [0.2, 0.25) is 9.47 Å². The van der Waals surface area contributed by atoms with Crippen molar-refractivity contribution < 1.29 is 18.3 Å². The van der Waals surface area contributed by atoms with Crippen LogP contribution in [-0.2, 0) is 6.42 Å². The van der Waals surface area contributed by atoms with Crippen LogP contribution in [0.2, 0.25) is 4.47 Å². The molecule has 0 aliphatic carbocycles. The predicted octanol–water partition coefficient (Wildman–Crippen LogP) is 2.77. The molecule has 21 heavy (non-hydrogen) atoms. The van der Waals surface area contributed by atoms with E-state index >= 15 is 0 Å². The van der Waals surface area contributed by atoms with Gasteiger partial charge in [0.25, 0.3) is 5.91 Å². The Bertz CT molecular complexity index is 607. The average molecular weight is 334 g/mol. The molecule has 0 saturated carbocycles. The van der Waals surface area contributed by atoms with Crippen LogP contribution in [0.4, 0.5) is 8.78 Å². The van der Waals surface area contributed by atoms with Crippen LogP contribution in [0.5, 0.6) is 5.75 Å². The number of alkyl halides is 2. The minimum Gasteiger partial charge on any atom is -0.435 e. The highest BCUT2D eigenvalue weighted by molar-refractivity contribution is 7.17. The molecule has 2 rings (SSSR count). The van der Waals surface area contributed by atoms with Crippen LogP contribution in [0, 0.1) is 0 Å². The predicted molar refractivity (Wildman–Crippen MR) is 74.0 cm³/mol. The van der Waals surface area contributed by atoms with E-state index in [1.54, 1.807) is 12.1 Å². The smallest absolute Gasteiger partial charge is 0.387 e. The van der Waals surface area contributed by atoms with Crippen LogP contribution in [-0.4, -0.2) is 29.3 Å². The van der Waals surface area contributed by atoms with Crippen LogP contribution < -0.4 is 10.1 Å². The number of benzene rings is 1. The van der Waals surface area contributed by atoms with Gasteiger partial charge in [0.1, 0.15) is 5.75 Å². The molecule has 1 amide bonds. The SMILES string of the molecule is O=C(NCCc1ccc(OC(F)F)cc1)c1nnc(Cl)s1. The minimum absolute atomic E-state index is 0.0984. The van der Waals surface area contributed by atoms with Crippen molar-refractivity contribution in [2.24, 2.45) is 0 Å². The van der Waals surface area contributed by atoms with Gasteiger partial charge < -0.3 is 10.1 Å². The van der Waals surface area contributed by atoms with Gasteiger partial charge in [0, 0.05) is 6.54 Å². The summed E-state index contributed by atoms with van der Waals surface area (Å²) in [6.07, 6.45) is 0.549. The Labute approximate surface area is 127 Å². The number of nitrogens with zero attached hydrogens (tertiary/aromatic N) is 2. The summed E-state index contributed by atoms with van der Waals surface area (Å²) >= 11 is 6.58. The number of carbonyl (C=O) groups is 1. The van der Waals surface area contributed by atoms with Crippen molar-refractivity contribution in [2.75, 3.05) is 6.54 Å². The fraction of sp³-hybridized carbons (Fsp3) is 0.250. The summed E-state index contributed by atoms with van der Waals surface area (Å²) in [4.78, 5) is 11.7. The zero-order chi connectivity index (χ0) is 15.2. The first-order chi connectivity index (χ1) is 10.0. The van der Waals surface area contributed by atoms with E-state index < -0.39 is 6.61 Å². The maximum absolute atomic E-state index is 12.0. The number of carbonyl (C=O) groups excluding carboxylic acids is 1. The third-order valence-corrected chi connectivity index (χ3v) is 3.46. The highest BCUT2D eigenvalue weighted by Crippen LogP contribution is 2.16. The highest BCUT2D eigenvalue weighted by Gasteiger charge is 2.11. The molecule has 0 aliphatic heterocycles. The molecule has 0 fully saturated rings. The standard InChI is InChI=1S/C12H10ClF2N3O2S/c13-11-18-17-10(21-11)9(19)16-6-5-7-1-3-8(4-2-7)20-12(14)15/h1-4,12H,5-6H2,(H,16,19). The van der Waals surface area contributed by atoms with Gasteiger partial charge in [-0.25, -0.2) is 0 Å². The van der Waals surface area contributed by atoms with Crippen molar-refractivity contribution in [3.05, 3.63) is 39.3 Å². The molecule has 0 bridgehead atoms. The highest BCUT2D eigenvalue weighted by atomic mass is 35.5. The van der Waals surface area contributed by atoms with E-state index in [-0.39, 0.29) is 21.1 Å². The fourth-order valence-corrected chi connectivity index (χ4v) is 2.28. The second kappa shape index (κ2) is 7.28. The number of ether oxygens (including phenoxy) is 1. The summed E-state index contributed by atoms with van der Waals surface area (Å²) in [6.45, 7) is -2.46. The lowest BCUT2D eigenvalue weighted by Crippen LogP contribution is -2.25. The molecule has 112 valence electrons. The van der Waals surface area contributed by atoms with E-state index in [4.69, 9.17) is 11.6 Å². The second-order valence-electron chi connectivity index (χ2n) is 3.89. The zero-order valence-corrected chi connectivity index (χ0v) is 12.1. The Balaban J connectivity index is 1.79. The first-order valence-corrected chi connectivity index (χ1v) is 7.05. The lowest BCUT2D eigenvalue weighted by atomic mass is 10.1. The Morgan fingerprint density at radius 1 is 1.33 bits per heavy atom. The molecule has 0 atom stereocenters. The molecule has 1 N–H and O–H groups in total. The number of rotatable bonds is 6. The van der Waals surface area contributed by atoms with E-state index in [0.29, 0.717) is 13.0 Å². The van der Waals surface area contributed by atoms with Crippen molar-refractivity contribution in [2.45, 2.75) is 13.0 Å². The quantitative estimate of drug-likeness (QED) is 0.883. The van der Waals surface area contributed by atoms with Crippen LogP contribution in [0.1, 0.15) is 15.4 Å². The van der Waals surface area contributed by atoms with Gasteiger partial charge in [-0.1, -0.05) is 23.5 Å². The Morgan fingerprint density at radius 2 is 2.05 bits per heavy atom. The van der Waals surface area contributed by atoms with Gasteiger partial charge in [0.05, 0.1) is 0 Å². The second-order valence-corrected chi connectivity index (χ2v) is 5.45. The van der Waals surface area contributed by atoms with Crippen LogP contribution in [0.25, 0.3) is 0 Å². The van der Waals surface area contributed by atoms with Crippen molar-refractivity contribution >= 4 is 28.8 Å². The molecular weight excluding hydrogens is 324 g/mol. The summed E-state index contributed by atoms with van der Waals surface area (Å²) in [5.41, 5.74) is 0.882. The molecule has 0 saturated heterocycles. The number of halogens is 3. The normalized spacial score (nSPS) is 10.7. The van der Waals surface area contributed by atoms with Crippen LogP contribution in [0.3, 0.4) is 0 Å². The third kappa shape index (κ3) is 4.91. The van der Waals surface area contributed by atoms with Gasteiger partial charge in [-0.2, -0.15) is 8.78 Å². The molecule has 0 spiro atoms. The van der Waals surface area contributed by atoms with E-state index in [2.05, 4.69) is 20.3 Å². The summed E-state index contributed by atoms with van der Waals surface area (Å²) in [5, 5.41) is 10.0. The summed E-state index contributed by atoms with van der Waals surface area (Å²) in [5.74, 6) is -0.252. The zero-order valence-electron chi connectivity index (χ0n) is 10.6. The molecule has 1 aromatic carbocycles. The van der Waals surface area contributed by atoms with Crippen LogP contribution in [0.15, 0.2) is 24.3 Å². The number of nitrogens with one attached hydrogen (secondary N) is 1. The Kier molecular flexibility index (Phi) is 5.40. The van der Waals surface area contributed by atoms with E-state index in [9.17, 15) is 13.6 Å². The minimum atomic E-state index is -2.84. The number of hydrogen-bond acceptors (Lipinski definition) is 5. The largest absolute Gasteiger partial charge is 0.435 e. The molecule has 0 unspecified atom stereocenters. The van der Waals surface area contributed by atoms with E-state index in [0.717, 1.165) is 16.9 Å². The monoisotopic (exact) mass is 333 g/mol. The lowest BCUT2D eigenvalue weighted by Gasteiger charge is -2.06. The van der Waals surface area contributed by atoms with Crippen molar-refractivity contribution in [3.8, 4) is 5.75 Å². The van der Waals surface area contributed by atoms with Gasteiger partial charge >= 0.3 is 6.61 Å². The molecule has 0 radical (unpaired) electrons. The molecule has 1 aromatic heterocycles. The van der Waals surface area contributed by atoms with Crippen LogP contribution >= 0.6 is 22.9 Å². The average Bonchev–Trinajstić information content (AvgIpc) is 2.87. The summed E-state index contributed by atoms with van der Waals surface area (Å²) in [7, 11) is 0. The molecule has 1 heterocycles. The van der Waals surface area contributed by atoms with Gasteiger partial charge in [0.15, 0.2) is 0 Å². The number of aromatic nitrogens is 2. The molecule has 2 aromatic rings. The van der Waals surface area contributed by atoms with Crippen molar-refractivity contribution in [1.82, 2.24) is 15.5 Å². The van der Waals surface area contributed by atoms with Gasteiger partial charge in [-0.3, -0.25) is 4.79 Å². The number of hydrogen-bond donors (Lipinski definition) is 1. The molecule has 0 aliphatic rings.